The lowest BCUT2D eigenvalue weighted by Crippen LogP contribution is -2.52. The number of pyridine rings is 1. The number of thiazole rings is 1. The number of carbonyl (C=O) groups is 2. The van der Waals surface area contributed by atoms with Gasteiger partial charge in [0, 0.05) is 43.9 Å². The summed E-state index contributed by atoms with van der Waals surface area (Å²) in [5.41, 5.74) is 3.97. The number of nitrogens with one attached hydrogen (secondary N) is 1. The van der Waals surface area contributed by atoms with Crippen LogP contribution in [0, 0.1) is 18.3 Å². The summed E-state index contributed by atoms with van der Waals surface area (Å²) < 4.78 is 10.5. The van der Waals surface area contributed by atoms with Crippen LogP contribution in [0.2, 0.25) is 0 Å². The number of hydrogen-bond acceptors (Lipinski definition) is 7. The molecule has 0 spiro atoms. The third kappa shape index (κ3) is 7.12. The standard InChI is InChI=1S/C38H50N4O4S/c1-25(2)35-40-22-32(47-35)28-12-19-39-33(21-28)42(36(44)27-6-9-30(10-7-27)41-34(43)23-45-4)24-37-13-16-38(17-14-37,18-15-37)29-8-11-31(46-5)26(3)20-29/h8,11-12,19-22,25,27,30H,6-7,9-10,13-18,23-24H2,1-5H3,(H,41,43). The van der Waals surface area contributed by atoms with Crippen LogP contribution in [0.5, 0.6) is 5.75 Å². The molecule has 0 aliphatic heterocycles. The summed E-state index contributed by atoms with van der Waals surface area (Å²) in [6.45, 7) is 7.23. The normalized spacial score (nSPS) is 25.5. The van der Waals surface area contributed by atoms with Gasteiger partial charge in [0.15, 0.2) is 0 Å². The van der Waals surface area contributed by atoms with E-state index in [9.17, 15) is 9.59 Å². The molecule has 47 heavy (non-hydrogen) atoms. The van der Waals surface area contributed by atoms with Gasteiger partial charge in [0.05, 0.1) is 17.0 Å². The van der Waals surface area contributed by atoms with E-state index in [4.69, 9.17) is 14.5 Å². The molecule has 0 saturated heterocycles. The largest absolute Gasteiger partial charge is 0.496 e. The average molecular weight is 659 g/mol. The topological polar surface area (TPSA) is 93.7 Å². The Bertz CT molecular complexity index is 1550. The second kappa shape index (κ2) is 14.0. The molecule has 1 N–H and O–H groups in total. The highest BCUT2D eigenvalue weighted by molar-refractivity contribution is 7.15. The minimum atomic E-state index is -0.0943. The van der Waals surface area contributed by atoms with Gasteiger partial charge in [-0.25, -0.2) is 9.97 Å². The lowest BCUT2D eigenvalue weighted by Gasteiger charge is -2.55. The van der Waals surface area contributed by atoms with Crippen molar-refractivity contribution in [2.45, 2.75) is 102 Å². The third-order valence-corrected chi connectivity index (χ3v) is 12.6. The highest BCUT2D eigenvalue weighted by Crippen LogP contribution is 2.58. The van der Waals surface area contributed by atoms with Gasteiger partial charge in [0.2, 0.25) is 11.8 Å². The smallest absolute Gasteiger partial charge is 0.246 e. The van der Waals surface area contributed by atoms with E-state index in [1.54, 1.807) is 18.4 Å². The van der Waals surface area contributed by atoms with Crippen molar-refractivity contribution in [3.05, 3.63) is 58.9 Å². The average Bonchev–Trinajstić information content (AvgIpc) is 3.60. The van der Waals surface area contributed by atoms with E-state index in [2.05, 4.69) is 55.3 Å². The fourth-order valence-electron chi connectivity index (χ4n) is 8.26. The number of carbonyl (C=O) groups excluding carboxylic acids is 2. The number of fused-ring (bicyclic) bond motifs is 3. The number of benzene rings is 1. The van der Waals surface area contributed by atoms with E-state index in [0.717, 1.165) is 91.2 Å². The van der Waals surface area contributed by atoms with Crippen LogP contribution < -0.4 is 15.0 Å². The summed E-state index contributed by atoms with van der Waals surface area (Å²) >= 11 is 1.71. The highest BCUT2D eigenvalue weighted by atomic mass is 32.1. The first kappa shape index (κ1) is 33.6. The van der Waals surface area contributed by atoms with Crippen LogP contribution in [0.25, 0.3) is 10.4 Å². The van der Waals surface area contributed by atoms with Crippen molar-refractivity contribution in [2.24, 2.45) is 11.3 Å². The van der Waals surface area contributed by atoms with Gasteiger partial charge in [0.25, 0.3) is 0 Å². The van der Waals surface area contributed by atoms with Gasteiger partial charge in [-0.2, -0.15) is 0 Å². The molecule has 0 atom stereocenters. The molecule has 4 fully saturated rings. The SMILES string of the molecule is COCC(=O)NC1CCC(C(=O)N(CC23CCC(c4ccc(OC)c(C)c4)(CC2)CC3)c2cc(-c3cnc(C(C)C)s3)ccn2)CC1. The lowest BCUT2D eigenvalue weighted by atomic mass is 9.51. The van der Waals surface area contributed by atoms with Gasteiger partial charge in [-0.15, -0.1) is 11.3 Å². The number of ether oxygens (including phenoxy) is 2. The van der Waals surface area contributed by atoms with Gasteiger partial charge in [-0.1, -0.05) is 26.0 Å². The molecular weight excluding hydrogens is 609 g/mol. The Kier molecular flexibility index (Phi) is 10.0. The zero-order valence-corrected chi connectivity index (χ0v) is 29.5. The van der Waals surface area contributed by atoms with Gasteiger partial charge >= 0.3 is 0 Å². The summed E-state index contributed by atoms with van der Waals surface area (Å²) in [5.74, 6) is 2.05. The van der Waals surface area contributed by atoms with E-state index in [0.29, 0.717) is 12.5 Å². The molecule has 1 aromatic carbocycles. The van der Waals surface area contributed by atoms with E-state index >= 15 is 0 Å². The zero-order chi connectivity index (χ0) is 33.2. The van der Waals surface area contributed by atoms with Gasteiger partial charge in [-0.05, 0) is 117 Å². The maximum Gasteiger partial charge on any atom is 0.246 e. The second-order valence-corrected chi connectivity index (χ2v) is 15.6. The van der Waals surface area contributed by atoms with Crippen molar-refractivity contribution < 1.29 is 19.1 Å². The number of nitrogens with zero attached hydrogens (tertiary/aromatic N) is 3. The van der Waals surface area contributed by atoms with Crippen molar-refractivity contribution in [1.29, 1.82) is 0 Å². The molecule has 0 radical (unpaired) electrons. The Balaban J connectivity index is 1.23. The molecule has 2 aromatic heterocycles. The Morgan fingerprint density at radius 1 is 1.00 bits per heavy atom. The molecule has 7 rings (SSSR count). The first-order valence-electron chi connectivity index (χ1n) is 17.3. The van der Waals surface area contributed by atoms with Gasteiger partial charge in [0.1, 0.15) is 18.2 Å². The summed E-state index contributed by atoms with van der Waals surface area (Å²) in [6.07, 6.45) is 13.6. The Morgan fingerprint density at radius 3 is 2.34 bits per heavy atom. The van der Waals surface area contributed by atoms with Crippen LogP contribution in [-0.2, 0) is 19.7 Å². The molecule has 4 saturated carbocycles. The van der Waals surface area contributed by atoms with Crippen molar-refractivity contribution in [3.63, 3.8) is 0 Å². The minimum absolute atomic E-state index is 0.0640. The quantitative estimate of drug-likeness (QED) is 0.228. The molecule has 2 bridgehead atoms. The predicted molar refractivity (Wildman–Crippen MR) is 187 cm³/mol. The lowest BCUT2D eigenvalue weighted by molar-refractivity contribution is -0.126. The van der Waals surface area contributed by atoms with Gasteiger partial charge in [-0.3, -0.25) is 14.5 Å². The number of rotatable bonds is 11. The molecule has 3 aromatic rings. The highest BCUT2D eigenvalue weighted by Gasteiger charge is 2.51. The molecular formula is C38H50N4O4S. The number of aryl methyl sites for hydroxylation is 1. The summed E-state index contributed by atoms with van der Waals surface area (Å²) in [5, 5.41) is 4.19. The van der Waals surface area contributed by atoms with Gasteiger partial charge < -0.3 is 14.8 Å². The number of amides is 2. The zero-order valence-electron chi connectivity index (χ0n) is 28.6. The van der Waals surface area contributed by atoms with E-state index < -0.39 is 0 Å². The molecule has 2 amide bonds. The first-order valence-corrected chi connectivity index (χ1v) is 18.1. The Hall–Kier alpha value is -3.30. The van der Waals surface area contributed by atoms with Crippen molar-refractivity contribution in [1.82, 2.24) is 15.3 Å². The van der Waals surface area contributed by atoms with E-state index in [1.165, 1.54) is 18.2 Å². The van der Waals surface area contributed by atoms with Crippen molar-refractivity contribution >= 4 is 29.0 Å². The van der Waals surface area contributed by atoms with E-state index in [1.807, 2.05) is 23.4 Å². The molecule has 4 aliphatic rings. The summed E-state index contributed by atoms with van der Waals surface area (Å²) in [7, 11) is 3.27. The predicted octanol–water partition coefficient (Wildman–Crippen LogP) is 7.59. The monoisotopic (exact) mass is 658 g/mol. The summed E-state index contributed by atoms with van der Waals surface area (Å²) in [6, 6.07) is 10.9. The number of anilines is 1. The maximum absolute atomic E-state index is 14.6. The molecule has 252 valence electrons. The molecule has 4 aliphatic carbocycles. The first-order chi connectivity index (χ1) is 22.6. The van der Waals surface area contributed by atoms with E-state index in [-0.39, 0.29) is 41.2 Å². The summed E-state index contributed by atoms with van der Waals surface area (Å²) in [4.78, 5) is 39.3. The minimum Gasteiger partial charge on any atom is -0.496 e. The van der Waals surface area contributed by atoms with Crippen molar-refractivity contribution in [2.75, 3.05) is 32.3 Å². The molecule has 9 heteroatoms. The number of methoxy groups -OCH3 is 2. The molecule has 2 heterocycles. The van der Waals surface area contributed by atoms with Crippen molar-refractivity contribution in [3.8, 4) is 16.2 Å². The van der Waals surface area contributed by atoms with Crippen LogP contribution in [0.15, 0.2) is 42.7 Å². The van der Waals surface area contributed by atoms with Crippen LogP contribution in [0.4, 0.5) is 5.82 Å². The molecule has 0 unspecified atom stereocenters. The fraction of sp³-hybridized carbons (Fsp3) is 0.579. The Labute approximate surface area is 283 Å². The van der Waals surface area contributed by atoms with Crippen LogP contribution >= 0.6 is 11.3 Å². The molecule has 8 nitrogen and oxygen atoms in total. The third-order valence-electron chi connectivity index (χ3n) is 11.2. The van der Waals surface area contributed by atoms with Crippen LogP contribution in [0.3, 0.4) is 0 Å². The maximum atomic E-state index is 14.6. The number of aromatic nitrogens is 2. The van der Waals surface area contributed by atoms with Crippen LogP contribution in [-0.4, -0.2) is 55.2 Å². The van der Waals surface area contributed by atoms with Crippen LogP contribution in [0.1, 0.15) is 100 Å². The Morgan fingerprint density at radius 2 is 1.72 bits per heavy atom. The fourth-order valence-corrected chi connectivity index (χ4v) is 9.18. The number of hydrogen-bond donors (Lipinski definition) is 1. The second-order valence-electron chi connectivity index (χ2n) is 14.6.